The highest BCUT2D eigenvalue weighted by Gasteiger charge is 2.18. The van der Waals surface area contributed by atoms with Crippen LogP contribution in [0.2, 0.25) is 0 Å². The average Bonchev–Trinajstić information content (AvgIpc) is 2.60. The number of aryl methyl sites for hydroxylation is 1. The predicted molar refractivity (Wildman–Crippen MR) is 52.9 cm³/mol. The number of hydrogen-bond donors (Lipinski definition) is 0. The van der Waals surface area contributed by atoms with E-state index in [0.29, 0.717) is 5.82 Å². The lowest BCUT2D eigenvalue weighted by Crippen LogP contribution is -2.03. The normalized spacial score (nSPS) is 11.8. The Morgan fingerprint density at radius 1 is 1.47 bits per heavy atom. The summed E-state index contributed by atoms with van der Waals surface area (Å²) in [6.07, 6.45) is 2.99. The minimum absolute atomic E-state index is 0.124. The van der Waals surface area contributed by atoms with E-state index in [9.17, 15) is 8.42 Å². The van der Waals surface area contributed by atoms with Crippen molar-refractivity contribution in [1.29, 1.82) is 0 Å². The van der Waals surface area contributed by atoms with E-state index in [1.165, 1.54) is 6.20 Å². The lowest BCUT2D eigenvalue weighted by Gasteiger charge is -1.99. The molecule has 0 atom stereocenters. The van der Waals surface area contributed by atoms with Crippen LogP contribution in [0, 0.1) is 6.92 Å². The van der Waals surface area contributed by atoms with E-state index in [1.807, 2.05) is 0 Å². The van der Waals surface area contributed by atoms with Crippen molar-refractivity contribution in [1.82, 2.24) is 19.6 Å². The molecule has 0 aliphatic heterocycles. The molecule has 0 fully saturated rings. The summed E-state index contributed by atoms with van der Waals surface area (Å²) in [4.78, 5) is 3.78. The topological polar surface area (TPSA) is 77.2 Å². The van der Waals surface area contributed by atoms with Gasteiger partial charge in [0.25, 0.3) is 0 Å². The van der Waals surface area contributed by atoms with Gasteiger partial charge >= 0.3 is 0 Å². The Hall–Kier alpha value is -1.76. The van der Waals surface area contributed by atoms with Crippen LogP contribution in [0.1, 0.15) is 5.82 Å². The second-order valence-electron chi connectivity index (χ2n) is 2.88. The second-order valence-corrected chi connectivity index (χ2v) is 4.69. The first-order chi connectivity index (χ1) is 7.06. The van der Waals surface area contributed by atoms with Gasteiger partial charge in [-0.3, -0.25) is 4.40 Å². The summed E-state index contributed by atoms with van der Waals surface area (Å²) in [5.41, 5.74) is 0.218. The molecule has 0 unspecified atom stereocenters. The maximum absolute atomic E-state index is 11.6. The maximum atomic E-state index is 11.6. The Kier molecular flexibility index (Phi) is 2.04. The minimum atomic E-state index is -3.58. The van der Waals surface area contributed by atoms with Crippen LogP contribution in [-0.4, -0.2) is 28.0 Å². The SMILES string of the molecule is C=CS(=O)(=O)c1nccn2c(C)nnc12. The lowest BCUT2D eigenvalue weighted by molar-refractivity contribution is 0.601. The van der Waals surface area contributed by atoms with Gasteiger partial charge in [0, 0.05) is 17.8 Å². The molecular weight excluding hydrogens is 216 g/mol. The highest BCUT2D eigenvalue weighted by atomic mass is 32.2. The Labute approximate surface area is 86.2 Å². The smallest absolute Gasteiger partial charge is 0.220 e. The third-order valence-corrected chi connectivity index (χ3v) is 3.22. The predicted octanol–water partition coefficient (Wildman–Crippen LogP) is 0.350. The van der Waals surface area contributed by atoms with Crippen molar-refractivity contribution < 1.29 is 8.42 Å². The van der Waals surface area contributed by atoms with Crippen molar-refractivity contribution in [3.8, 4) is 0 Å². The Bertz CT molecular complexity index is 629. The van der Waals surface area contributed by atoms with E-state index < -0.39 is 9.84 Å². The van der Waals surface area contributed by atoms with E-state index in [4.69, 9.17) is 0 Å². The molecule has 0 bridgehead atoms. The molecule has 0 saturated carbocycles. The Balaban J connectivity index is 2.89. The van der Waals surface area contributed by atoms with Crippen molar-refractivity contribution >= 4 is 15.5 Å². The third kappa shape index (κ3) is 1.40. The van der Waals surface area contributed by atoms with Gasteiger partial charge < -0.3 is 0 Å². The molecule has 0 aromatic carbocycles. The summed E-state index contributed by atoms with van der Waals surface area (Å²) in [5, 5.41) is 8.26. The minimum Gasteiger partial charge on any atom is -0.283 e. The zero-order valence-electron chi connectivity index (χ0n) is 7.95. The van der Waals surface area contributed by atoms with Gasteiger partial charge in [-0.2, -0.15) is 0 Å². The first kappa shape index (κ1) is 9.78. The molecule has 2 heterocycles. The van der Waals surface area contributed by atoms with E-state index >= 15 is 0 Å². The first-order valence-electron chi connectivity index (χ1n) is 4.10. The van der Waals surface area contributed by atoms with Crippen molar-refractivity contribution in [3.63, 3.8) is 0 Å². The molecule has 0 radical (unpaired) electrons. The van der Waals surface area contributed by atoms with E-state index in [0.717, 1.165) is 5.41 Å². The molecular formula is C8H8N4O2S. The zero-order valence-corrected chi connectivity index (χ0v) is 8.77. The van der Waals surface area contributed by atoms with E-state index in [-0.39, 0.29) is 10.7 Å². The van der Waals surface area contributed by atoms with E-state index in [2.05, 4.69) is 21.8 Å². The van der Waals surface area contributed by atoms with Crippen LogP contribution in [0.4, 0.5) is 0 Å². The van der Waals surface area contributed by atoms with Crippen LogP contribution in [0.15, 0.2) is 29.4 Å². The van der Waals surface area contributed by atoms with Crippen molar-refractivity contribution in [2.45, 2.75) is 11.9 Å². The molecule has 15 heavy (non-hydrogen) atoms. The summed E-state index contributed by atoms with van der Waals surface area (Å²) >= 11 is 0. The van der Waals surface area contributed by atoms with Gasteiger partial charge in [0.05, 0.1) is 0 Å². The Morgan fingerprint density at radius 2 is 2.20 bits per heavy atom. The third-order valence-electron chi connectivity index (χ3n) is 1.95. The molecule has 2 rings (SSSR count). The molecule has 0 aliphatic rings. The number of hydrogen-bond acceptors (Lipinski definition) is 5. The van der Waals surface area contributed by atoms with Crippen LogP contribution in [0.3, 0.4) is 0 Å². The molecule has 7 heteroatoms. The molecule has 0 saturated heterocycles. The van der Waals surface area contributed by atoms with Gasteiger partial charge in [0.1, 0.15) is 5.82 Å². The van der Waals surface area contributed by atoms with Crippen LogP contribution in [-0.2, 0) is 9.84 Å². The van der Waals surface area contributed by atoms with E-state index in [1.54, 1.807) is 17.5 Å². The first-order valence-corrected chi connectivity index (χ1v) is 5.65. The van der Waals surface area contributed by atoms with Crippen molar-refractivity contribution in [2.75, 3.05) is 0 Å². The standard InChI is InChI=1S/C8H8N4O2S/c1-3-15(13,14)8-7-11-10-6(2)12(7)5-4-9-8/h3-5H,1H2,2H3. The number of nitrogens with zero attached hydrogens (tertiary/aromatic N) is 4. The maximum Gasteiger partial charge on any atom is 0.220 e. The molecule has 6 nitrogen and oxygen atoms in total. The number of sulfone groups is 1. The summed E-state index contributed by atoms with van der Waals surface area (Å²) in [5.74, 6) is 0.605. The van der Waals surface area contributed by atoms with Crippen LogP contribution in [0.25, 0.3) is 5.65 Å². The highest BCUT2D eigenvalue weighted by molar-refractivity contribution is 7.94. The van der Waals surface area contributed by atoms with Gasteiger partial charge in [0.2, 0.25) is 14.9 Å². The highest BCUT2D eigenvalue weighted by Crippen LogP contribution is 2.14. The number of rotatable bonds is 2. The van der Waals surface area contributed by atoms with Gasteiger partial charge in [-0.1, -0.05) is 6.58 Å². The fourth-order valence-corrected chi connectivity index (χ4v) is 1.96. The molecule has 2 aromatic heterocycles. The van der Waals surface area contributed by atoms with Gasteiger partial charge in [-0.15, -0.1) is 10.2 Å². The quantitative estimate of drug-likeness (QED) is 0.735. The summed E-state index contributed by atoms with van der Waals surface area (Å²) in [6.45, 7) is 4.96. The molecule has 2 aromatic rings. The second kappa shape index (κ2) is 3.13. The average molecular weight is 224 g/mol. The van der Waals surface area contributed by atoms with Crippen LogP contribution >= 0.6 is 0 Å². The fourth-order valence-electron chi connectivity index (χ4n) is 1.20. The van der Waals surface area contributed by atoms with Crippen LogP contribution in [0.5, 0.6) is 0 Å². The van der Waals surface area contributed by atoms with Gasteiger partial charge in [0.15, 0.2) is 5.65 Å². The fraction of sp³-hybridized carbons (Fsp3) is 0.125. The largest absolute Gasteiger partial charge is 0.283 e. The lowest BCUT2D eigenvalue weighted by atomic mass is 10.6. The van der Waals surface area contributed by atoms with Gasteiger partial charge in [-0.05, 0) is 6.92 Å². The summed E-state index contributed by atoms with van der Waals surface area (Å²) < 4.78 is 24.7. The summed E-state index contributed by atoms with van der Waals surface area (Å²) in [6, 6.07) is 0. The summed E-state index contributed by atoms with van der Waals surface area (Å²) in [7, 11) is -3.58. The van der Waals surface area contributed by atoms with Crippen LogP contribution < -0.4 is 0 Å². The monoisotopic (exact) mass is 224 g/mol. The molecule has 78 valence electrons. The molecule has 0 spiro atoms. The molecule has 0 N–H and O–H groups in total. The van der Waals surface area contributed by atoms with Crippen molar-refractivity contribution in [2.24, 2.45) is 0 Å². The number of aromatic nitrogens is 4. The number of fused-ring (bicyclic) bond motifs is 1. The van der Waals surface area contributed by atoms with Gasteiger partial charge in [-0.25, -0.2) is 13.4 Å². The van der Waals surface area contributed by atoms with Crippen molar-refractivity contribution in [3.05, 3.63) is 30.2 Å². The molecule has 0 amide bonds. The molecule has 0 aliphatic carbocycles. The zero-order chi connectivity index (χ0) is 11.1. The Morgan fingerprint density at radius 3 is 2.87 bits per heavy atom.